The first-order valence-electron chi connectivity index (χ1n) is 6.77. The lowest BCUT2D eigenvalue weighted by atomic mass is 10.1. The normalized spacial score (nSPS) is 18.5. The summed E-state index contributed by atoms with van der Waals surface area (Å²) in [6, 6.07) is 3.89. The minimum Gasteiger partial charge on any atom is -0.334 e. The molecule has 104 valence electrons. The highest BCUT2D eigenvalue weighted by Gasteiger charge is 2.29. The second-order valence-corrected chi connectivity index (χ2v) is 5.07. The molecule has 2 aromatic rings. The largest absolute Gasteiger partial charge is 0.334 e. The molecule has 1 atom stereocenters. The second kappa shape index (κ2) is 5.03. The van der Waals surface area contributed by atoms with Gasteiger partial charge in [0.05, 0.1) is 23.1 Å². The van der Waals surface area contributed by atoms with Crippen LogP contribution in [0.4, 0.5) is 0 Å². The van der Waals surface area contributed by atoms with Crippen molar-refractivity contribution >= 4 is 5.91 Å². The van der Waals surface area contributed by atoms with Gasteiger partial charge in [-0.15, -0.1) is 0 Å². The van der Waals surface area contributed by atoms with Crippen molar-refractivity contribution in [2.75, 3.05) is 6.54 Å². The Labute approximate surface area is 117 Å². The standard InChI is InChI=1S/C14H17N5O/c1-9-16-12(11-5-6-15-18-11)8-13(17-9)14-4-3-7-19(14)10(2)20/h5-6,8,14H,3-4,7H2,1-2H3,(H,15,18)/t14-/m1/s1. The number of aromatic amines is 1. The zero-order chi connectivity index (χ0) is 14.1. The predicted molar refractivity (Wildman–Crippen MR) is 73.7 cm³/mol. The van der Waals surface area contributed by atoms with Crippen LogP contribution >= 0.6 is 0 Å². The number of likely N-dealkylation sites (tertiary alicyclic amines) is 1. The van der Waals surface area contributed by atoms with Crippen LogP contribution in [0, 0.1) is 6.92 Å². The van der Waals surface area contributed by atoms with Crippen LogP contribution < -0.4 is 0 Å². The Morgan fingerprint density at radius 3 is 3.00 bits per heavy atom. The first-order valence-corrected chi connectivity index (χ1v) is 6.77. The number of carbonyl (C=O) groups excluding carboxylic acids is 1. The van der Waals surface area contributed by atoms with Crippen molar-refractivity contribution in [3.63, 3.8) is 0 Å². The summed E-state index contributed by atoms with van der Waals surface area (Å²) >= 11 is 0. The van der Waals surface area contributed by atoms with Crippen molar-refractivity contribution in [2.45, 2.75) is 32.7 Å². The molecule has 0 aliphatic carbocycles. The highest BCUT2D eigenvalue weighted by molar-refractivity contribution is 5.74. The van der Waals surface area contributed by atoms with Gasteiger partial charge in [-0.3, -0.25) is 9.89 Å². The summed E-state index contributed by atoms with van der Waals surface area (Å²) in [6.07, 6.45) is 3.68. The monoisotopic (exact) mass is 271 g/mol. The average Bonchev–Trinajstić information content (AvgIpc) is 3.09. The maximum Gasteiger partial charge on any atom is 0.220 e. The summed E-state index contributed by atoms with van der Waals surface area (Å²) < 4.78 is 0. The first kappa shape index (κ1) is 12.8. The molecule has 1 aliphatic rings. The minimum absolute atomic E-state index is 0.0656. The van der Waals surface area contributed by atoms with Gasteiger partial charge in [0.15, 0.2) is 0 Å². The molecule has 1 aliphatic heterocycles. The van der Waals surface area contributed by atoms with Gasteiger partial charge in [-0.1, -0.05) is 0 Å². The van der Waals surface area contributed by atoms with Gasteiger partial charge in [0.1, 0.15) is 5.82 Å². The molecule has 0 radical (unpaired) electrons. The summed E-state index contributed by atoms with van der Waals surface area (Å²) in [4.78, 5) is 22.5. The zero-order valence-electron chi connectivity index (χ0n) is 11.6. The maximum absolute atomic E-state index is 11.7. The van der Waals surface area contributed by atoms with E-state index in [1.54, 1.807) is 13.1 Å². The number of amides is 1. The molecule has 3 rings (SSSR count). The van der Waals surface area contributed by atoms with E-state index < -0.39 is 0 Å². The van der Waals surface area contributed by atoms with Gasteiger partial charge in [-0.25, -0.2) is 9.97 Å². The van der Waals surface area contributed by atoms with E-state index in [1.807, 2.05) is 24.0 Å². The number of carbonyl (C=O) groups is 1. The van der Waals surface area contributed by atoms with Gasteiger partial charge in [-0.05, 0) is 31.9 Å². The van der Waals surface area contributed by atoms with E-state index >= 15 is 0 Å². The van der Waals surface area contributed by atoms with E-state index in [4.69, 9.17) is 0 Å². The lowest BCUT2D eigenvalue weighted by molar-refractivity contribution is -0.129. The Morgan fingerprint density at radius 2 is 2.30 bits per heavy atom. The van der Waals surface area contributed by atoms with E-state index in [9.17, 15) is 4.79 Å². The highest BCUT2D eigenvalue weighted by Crippen LogP contribution is 2.32. The van der Waals surface area contributed by atoms with Gasteiger partial charge in [0, 0.05) is 19.7 Å². The number of aromatic nitrogens is 4. The molecule has 2 aromatic heterocycles. The Bertz CT molecular complexity index is 622. The van der Waals surface area contributed by atoms with Gasteiger partial charge >= 0.3 is 0 Å². The third-order valence-electron chi connectivity index (χ3n) is 3.63. The Kier molecular flexibility index (Phi) is 3.22. The first-order chi connectivity index (χ1) is 9.65. The van der Waals surface area contributed by atoms with E-state index in [2.05, 4.69) is 20.2 Å². The number of nitrogens with zero attached hydrogens (tertiary/aromatic N) is 4. The molecule has 20 heavy (non-hydrogen) atoms. The van der Waals surface area contributed by atoms with Gasteiger partial charge in [-0.2, -0.15) is 5.10 Å². The smallest absolute Gasteiger partial charge is 0.220 e. The molecular weight excluding hydrogens is 254 g/mol. The molecule has 1 fully saturated rings. The van der Waals surface area contributed by atoms with Crippen molar-refractivity contribution in [2.24, 2.45) is 0 Å². The molecule has 0 unspecified atom stereocenters. The number of H-pyrrole nitrogens is 1. The SMILES string of the molecule is CC(=O)N1CCC[C@@H]1c1cc(-c2ccn[nH]2)nc(C)n1. The van der Waals surface area contributed by atoms with Crippen LogP contribution in [0.1, 0.15) is 37.3 Å². The molecular formula is C14H17N5O. The van der Waals surface area contributed by atoms with Crippen LogP contribution in [0.15, 0.2) is 18.3 Å². The lowest BCUT2D eigenvalue weighted by Gasteiger charge is -2.23. The van der Waals surface area contributed by atoms with Crippen LogP contribution in [0.25, 0.3) is 11.4 Å². The van der Waals surface area contributed by atoms with E-state index in [0.29, 0.717) is 5.82 Å². The molecule has 6 heteroatoms. The number of nitrogens with one attached hydrogen (secondary N) is 1. The van der Waals surface area contributed by atoms with Crippen LogP contribution in [0.2, 0.25) is 0 Å². The maximum atomic E-state index is 11.7. The van der Waals surface area contributed by atoms with Gasteiger partial charge in [0.25, 0.3) is 0 Å². The quantitative estimate of drug-likeness (QED) is 0.904. The highest BCUT2D eigenvalue weighted by atomic mass is 16.2. The zero-order valence-corrected chi connectivity index (χ0v) is 11.6. The summed E-state index contributed by atoms with van der Waals surface area (Å²) in [5, 5.41) is 6.86. The van der Waals surface area contributed by atoms with Crippen molar-refractivity contribution in [3.8, 4) is 11.4 Å². The molecule has 1 N–H and O–H groups in total. The number of aryl methyl sites for hydroxylation is 1. The van der Waals surface area contributed by atoms with Crippen LogP contribution in [0.3, 0.4) is 0 Å². The van der Waals surface area contributed by atoms with Crippen molar-refractivity contribution in [1.29, 1.82) is 0 Å². The fourth-order valence-electron chi connectivity index (χ4n) is 2.75. The molecule has 0 spiro atoms. The summed E-state index contributed by atoms with van der Waals surface area (Å²) in [7, 11) is 0. The molecule has 1 saturated heterocycles. The van der Waals surface area contributed by atoms with Gasteiger partial charge in [0.2, 0.25) is 5.91 Å². The molecule has 0 aromatic carbocycles. The third kappa shape index (κ3) is 2.29. The molecule has 1 amide bonds. The summed E-state index contributed by atoms with van der Waals surface area (Å²) in [5.41, 5.74) is 2.60. The second-order valence-electron chi connectivity index (χ2n) is 5.07. The molecule has 0 saturated carbocycles. The molecule has 6 nitrogen and oxygen atoms in total. The minimum atomic E-state index is 0.0656. The van der Waals surface area contributed by atoms with E-state index in [1.165, 1.54) is 0 Å². The Hall–Kier alpha value is -2.24. The lowest BCUT2D eigenvalue weighted by Crippen LogP contribution is -2.28. The topological polar surface area (TPSA) is 74.8 Å². The molecule has 3 heterocycles. The third-order valence-corrected chi connectivity index (χ3v) is 3.63. The van der Waals surface area contributed by atoms with Crippen LogP contribution in [0.5, 0.6) is 0 Å². The fourth-order valence-corrected chi connectivity index (χ4v) is 2.75. The van der Waals surface area contributed by atoms with E-state index in [0.717, 1.165) is 36.5 Å². The molecule has 0 bridgehead atoms. The van der Waals surface area contributed by atoms with Crippen molar-refractivity contribution in [3.05, 3.63) is 29.8 Å². The van der Waals surface area contributed by atoms with Crippen molar-refractivity contribution < 1.29 is 4.79 Å². The summed E-state index contributed by atoms with van der Waals surface area (Å²) in [6.45, 7) is 4.29. The van der Waals surface area contributed by atoms with Crippen LogP contribution in [-0.4, -0.2) is 37.5 Å². The summed E-state index contributed by atoms with van der Waals surface area (Å²) in [5.74, 6) is 0.814. The average molecular weight is 271 g/mol. The Morgan fingerprint density at radius 1 is 1.45 bits per heavy atom. The number of hydrogen-bond donors (Lipinski definition) is 1. The van der Waals surface area contributed by atoms with Crippen molar-refractivity contribution in [1.82, 2.24) is 25.1 Å². The van der Waals surface area contributed by atoms with Gasteiger partial charge < -0.3 is 4.90 Å². The van der Waals surface area contributed by atoms with Crippen LogP contribution in [-0.2, 0) is 4.79 Å². The van der Waals surface area contributed by atoms with E-state index in [-0.39, 0.29) is 11.9 Å². The predicted octanol–water partition coefficient (Wildman–Crippen LogP) is 1.86. The number of hydrogen-bond acceptors (Lipinski definition) is 4. The fraction of sp³-hybridized carbons (Fsp3) is 0.429. The Balaban J connectivity index is 2.00. The number of rotatable bonds is 2.